The molecule has 0 aromatic rings. The van der Waals surface area contributed by atoms with Gasteiger partial charge in [0.25, 0.3) is 0 Å². The van der Waals surface area contributed by atoms with Crippen LogP contribution in [0, 0.1) is 37.9 Å². The summed E-state index contributed by atoms with van der Waals surface area (Å²) < 4.78 is 0. The van der Waals surface area contributed by atoms with Crippen LogP contribution in [0.2, 0.25) is 0 Å². The van der Waals surface area contributed by atoms with Crippen molar-refractivity contribution in [2.45, 2.75) is 216 Å². The highest BCUT2D eigenvalue weighted by atomic mass is 14.4. The third-order valence-corrected chi connectivity index (χ3v) is 10.7. The van der Waals surface area contributed by atoms with Crippen LogP contribution in [-0.4, -0.2) is 0 Å². The van der Waals surface area contributed by atoms with Crippen LogP contribution in [0.3, 0.4) is 0 Å². The van der Waals surface area contributed by atoms with Crippen LogP contribution in [0.5, 0.6) is 0 Å². The molecule has 0 nitrogen and oxygen atoms in total. The van der Waals surface area contributed by atoms with Crippen LogP contribution >= 0.6 is 0 Å². The minimum atomic E-state index is 0.334. The van der Waals surface area contributed by atoms with E-state index in [1.807, 2.05) is 0 Å². The van der Waals surface area contributed by atoms with E-state index in [4.69, 9.17) is 0 Å². The molecule has 3 aliphatic carbocycles. The maximum atomic E-state index is 2.41. The van der Waals surface area contributed by atoms with Gasteiger partial charge in [-0.3, -0.25) is 0 Å². The monoisotopic (exact) mass is 625 g/mol. The van der Waals surface area contributed by atoms with Crippen molar-refractivity contribution in [3.05, 3.63) is 33.4 Å². The zero-order valence-electron chi connectivity index (χ0n) is 35.0. The van der Waals surface area contributed by atoms with Gasteiger partial charge >= 0.3 is 0 Å². The topological polar surface area (TPSA) is 0 Å². The smallest absolute Gasteiger partial charge is 0.0170 e. The standard InChI is InChI=1S/C16H30.C15H28.C14H26/c1-14(2,3)12-9-10-16(7,8)11-13(12)15(4,5)6;1-14(2,3)12-10-8-7-9-11-13(12)15(4,5)6;1-13(2,3)11-9-7-8-10-12(11)14(4,5)6/h9-11H2,1-8H3;7-11H2,1-6H3;7-10H2,1-6H3. The van der Waals surface area contributed by atoms with Gasteiger partial charge in [-0.05, 0) is 109 Å². The summed E-state index contributed by atoms with van der Waals surface area (Å²) in [6.07, 6.45) is 16.2. The Hall–Kier alpha value is -0.780. The Morgan fingerprint density at radius 2 is 0.533 bits per heavy atom. The predicted octanol–water partition coefficient (Wildman–Crippen LogP) is 15.9. The largest absolute Gasteiger partial charge is 0.0651 e. The Kier molecular flexibility index (Phi) is 14.3. The first-order chi connectivity index (χ1) is 19.9. The molecule has 264 valence electrons. The second-order valence-electron chi connectivity index (χ2n) is 22.0. The van der Waals surface area contributed by atoms with Crippen molar-refractivity contribution >= 4 is 0 Å². The fraction of sp³-hybridized carbons (Fsp3) is 0.867. The molecule has 3 rings (SSSR count). The lowest BCUT2D eigenvalue weighted by Crippen LogP contribution is -2.29. The van der Waals surface area contributed by atoms with Crippen LogP contribution in [0.4, 0.5) is 0 Å². The average Bonchev–Trinajstić information content (AvgIpc) is 3.09. The summed E-state index contributed by atoms with van der Waals surface area (Å²) in [6.45, 7) is 47.5. The highest BCUT2D eigenvalue weighted by Crippen LogP contribution is 2.50. The molecule has 0 aromatic carbocycles. The summed E-state index contributed by atoms with van der Waals surface area (Å²) in [4.78, 5) is 0. The van der Waals surface area contributed by atoms with E-state index >= 15 is 0 Å². The fourth-order valence-corrected chi connectivity index (χ4v) is 8.13. The number of rotatable bonds is 0. The molecule has 0 saturated carbocycles. The molecule has 0 aromatic heterocycles. The van der Waals surface area contributed by atoms with Gasteiger partial charge in [0, 0.05) is 0 Å². The Bertz CT molecular complexity index is 984. The highest BCUT2D eigenvalue weighted by molar-refractivity contribution is 5.29. The van der Waals surface area contributed by atoms with E-state index in [1.54, 1.807) is 33.4 Å². The van der Waals surface area contributed by atoms with Crippen molar-refractivity contribution in [1.82, 2.24) is 0 Å². The molecule has 0 heteroatoms. The third-order valence-electron chi connectivity index (χ3n) is 10.7. The first-order valence-electron chi connectivity index (χ1n) is 19.1. The van der Waals surface area contributed by atoms with E-state index < -0.39 is 0 Å². The van der Waals surface area contributed by atoms with E-state index in [1.165, 1.54) is 77.0 Å². The fourth-order valence-electron chi connectivity index (χ4n) is 8.13. The number of allylic oxidation sites excluding steroid dienone is 6. The van der Waals surface area contributed by atoms with Crippen LogP contribution in [0.1, 0.15) is 216 Å². The molecule has 0 bridgehead atoms. The number of hydrogen-bond donors (Lipinski definition) is 0. The van der Waals surface area contributed by atoms with Gasteiger partial charge in [-0.2, -0.15) is 0 Å². The van der Waals surface area contributed by atoms with Gasteiger partial charge in [-0.1, -0.05) is 178 Å². The quantitative estimate of drug-likeness (QED) is 0.235. The Morgan fingerprint density at radius 3 is 0.778 bits per heavy atom. The molecule has 0 amide bonds. The number of hydrogen-bond acceptors (Lipinski definition) is 0. The molecule has 0 saturated heterocycles. The molecule has 0 atom stereocenters. The SMILES string of the molecule is CC(C)(C)C1=C(C(C)(C)C)CCCC1.CC(C)(C)C1=C(C(C)(C)C)CCCCC1.CC1(C)CCC(C(C)(C)C)=C(C(C)(C)C)C1. The van der Waals surface area contributed by atoms with Crippen molar-refractivity contribution < 1.29 is 0 Å². The average molecular weight is 625 g/mol. The molecule has 0 aliphatic heterocycles. The van der Waals surface area contributed by atoms with E-state index in [2.05, 4.69) is 138 Å². The van der Waals surface area contributed by atoms with Crippen LogP contribution < -0.4 is 0 Å². The first kappa shape index (κ1) is 42.2. The summed E-state index contributed by atoms with van der Waals surface area (Å²) in [5.74, 6) is 0. The Morgan fingerprint density at radius 1 is 0.311 bits per heavy atom. The van der Waals surface area contributed by atoms with Gasteiger partial charge < -0.3 is 0 Å². The van der Waals surface area contributed by atoms with Gasteiger partial charge in [0.1, 0.15) is 0 Å². The molecule has 0 fully saturated rings. The minimum Gasteiger partial charge on any atom is -0.0651 e. The molecule has 0 heterocycles. The van der Waals surface area contributed by atoms with Crippen molar-refractivity contribution in [1.29, 1.82) is 0 Å². The van der Waals surface area contributed by atoms with Crippen molar-refractivity contribution in [3.8, 4) is 0 Å². The zero-order chi connectivity index (χ0) is 35.4. The van der Waals surface area contributed by atoms with Crippen molar-refractivity contribution in [3.63, 3.8) is 0 Å². The second-order valence-corrected chi connectivity index (χ2v) is 22.0. The Labute approximate surface area is 286 Å². The van der Waals surface area contributed by atoms with Crippen LogP contribution in [-0.2, 0) is 0 Å². The summed E-state index contributed by atoms with van der Waals surface area (Å²) in [5, 5.41) is 0. The molecule has 0 spiro atoms. The maximum Gasteiger partial charge on any atom is -0.0170 e. The summed E-state index contributed by atoms with van der Waals surface area (Å²) >= 11 is 0. The minimum absolute atomic E-state index is 0.334. The van der Waals surface area contributed by atoms with Gasteiger partial charge in [0.05, 0.1) is 0 Å². The van der Waals surface area contributed by atoms with E-state index in [0.717, 1.165) is 0 Å². The molecule has 0 unspecified atom stereocenters. The van der Waals surface area contributed by atoms with Gasteiger partial charge in [-0.15, -0.1) is 0 Å². The second kappa shape index (κ2) is 15.2. The van der Waals surface area contributed by atoms with Gasteiger partial charge in [0.15, 0.2) is 0 Å². The highest BCUT2D eigenvalue weighted by Gasteiger charge is 2.36. The van der Waals surface area contributed by atoms with E-state index in [9.17, 15) is 0 Å². The van der Waals surface area contributed by atoms with Crippen molar-refractivity contribution in [2.75, 3.05) is 0 Å². The lowest BCUT2D eigenvalue weighted by Gasteiger charge is -2.42. The molecular formula is C45H84. The molecule has 3 aliphatic rings. The van der Waals surface area contributed by atoms with Crippen molar-refractivity contribution in [2.24, 2.45) is 37.9 Å². The Balaban J connectivity index is 0.000000338. The predicted molar refractivity (Wildman–Crippen MR) is 207 cm³/mol. The third kappa shape index (κ3) is 13.7. The molecule has 0 N–H and O–H groups in total. The lowest BCUT2D eigenvalue weighted by molar-refractivity contribution is 0.259. The van der Waals surface area contributed by atoms with Gasteiger partial charge in [0.2, 0.25) is 0 Å². The summed E-state index contributed by atoms with van der Waals surface area (Å²) in [6, 6.07) is 0. The van der Waals surface area contributed by atoms with Crippen LogP contribution in [0.25, 0.3) is 0 Å². The van der Waals surface area contributed by atoms with E-state index in [-0.39, 0.29) is 0 Å². The normalized spacial score (nSPS) is 21.1. The zero-order valence-corrected chi connectivity index (χ0v) is 35.0. The maximum absolute atomic E-state index is 2.41. The first-order valence-corrected chi connectivity index (χ1v) is 19.1. The molecule has 0 radical (unpaired) electrons. The van der Waals surface area contributed by atoms with Crippen LogP contribution in [0.15, 0.2) is 33.4 Å². The molecular weight excluding hydrogens is 540 g/mol. The van der Waals surface area contributed by atoms with E-state index in [0.29, 0.717) is 37.9 Å². The summed E-state index contributed by atoms with van der Waals surface area (Å²) in [5.41, 5.74) is 13.1. The molecule has 45 heavy (non-hydrogen) atoms. The van der Waals surface area contributed by atoms with Gasteiger partial charge in [-0.25, -0.2) is 0 Å². The lowest BCUT2D eigenvalue weighted by atomic mass is 9.63. The summed E-state index contributed by atoms with van der Waals surface area (Å²) in [7, 11) is 0.